The minimum Gasteiger partial charge on any atom is -0.493 e. The second-order valence-electron chi connectivity index (χ2n) is 3.96. The average molecular weight is 294 g/mol. The lowest BCUT2D eigenvalue weighted by molar-refractivity contribution is -0.385. The van der Waals surface area contributed by atoms with E-state index in [9.17, 15) is 10.1 Å². The first-order valence-electron chi connectivity index (χ1n) is 5.95. The molecule has 2 aromatic rings. The van der Waals surface area contributed by atoms with Crippen LogP contribution in [0.3, 0.4) is 0 Å². The molecule has 0 saturated heterocycles. The summed E-state index contributed by atoms with van der Waals surface area (Å²) >= 11 is 5.82. The number of ether oxygens (including phenoxy) is 1. The van der Waals surface area contributed by atoms with Crippen molar-refractivity contribution >= 4 is 17.3 Å². The van der Waals surface area contributed by atoms with Crippen molar-refractivity contribution in [2.24, 2.45) is 0 Å². The van der Waals surface area contributed by atoms with Gasteiger partial charge in [-0.25, -0.2) is 9.97 Å². The Balaban J connectivity index is 2.72. The lowest BCUT2D eigenvalue weighted by atomic mass is 10.1. The van der Waals surface area contributed by atoms with E-state index in [4.69, 9.17) is 16.3 Å². The summed E-state index contributed by atoms with van der Waals surface area (Å²) in [6, 6.07) is 6.98. The number of para-hydroxylation sites is 1. The fraction of sp³-hybridized carbons (Fsp3) is 0.231. The van der Waals surface area contributed by atoms with Crippen molar-refractivity contribution in [3.05, 3.63) is 45.4 Å². The molecule has 0 saturated carbocycles. The predicted molar refractivity (Wildman–Crippen MR) is 75.0 cm³/mol. The van der Waals surface area contributed by atoms with Gasteiger partial charge < -0.3 is 4.74 Å². The van der Waals surface area contributed by atoms with Gasteiger partial charge in [0.1, 0.15) is 11.4 Å². The van der Waals surface area contributed by atoms with Crippen LogP contribution in [0, 0.1) is 17.0 Å². The molecule has 0 spiro atoms. The van der Waals surface area contributed by atoms with E-state index in [1.807, 2.05) is 6.92 Å². The number of hydrogen-bond donors (Lipinski definition) is 0. The van der Waals surface area contributed by atoms with Crippen LogP contribution in [0.2, 0.25) is 5.28 Å². The molecule has 2 rings (SSSR count). The summed E-state index contributed by atoms with van der Waals surface area (Å²) in [7, 11) is 0. The van der Waals surface area contributed by atoms with Gasteiger partial charge in [0.05, 0.1) is 11.5 Å². The van der Waals surface area contributed by atoms with E-state index in [1.165, 1.54) is 6.92 Å². The van der Waals surface area contributed by atoms with E-state index in [2.05, 4.69) is 9.97 Å². The van der Waals surface area contributed by atoms with Crippen LogP contribution in [0.4, 0.5) is 5.69 Å². The molecule has 1 aromatic heterocycles. The number of hydrogen-bond acceptors (Lipinski definition) is 5. The number of rotatable bonds is 4. The van der Waals surface area contributed by atoms with Gasteiger partial charge in [-0.1, -0.05) is 12.1 Å². The topological polar surface area (TPSA) is 78.2 Å². The first-order chi connectivity index (χ1) is 9.54. The zero-order chi connectivity index (χ0) is 14.7. The lowest BCUT2D eigenvalue weighted by Crippen LogP contribution is -2.02. The molecule has 0 aliphatic heterocycles. The average Bonchev–Trinajstić information content (AvgIpc) is 2.38. The summed E-state index contributed by atoms with van der Waals surface area (Å²) in [5.74, 6) is 0.521. The molecular formula is C13H12ClN3O3. The van der Waals surface area contributed by atoms with Gasteiger partial charge in [-0.05, 0) is 37.6 Å². The highest BCUT2D eigenvalue weighted by Crippen LogP contribution is 2.36. The summed E-state index contributed by atoms with van der Waals surface area (Å²) in [6.07, 6.45) is 0. The molecule has 0 fully saturated rings. The molecular weight excluding hydrogens is 282 g/mol. The van der Waals surface area contributed by atoms with E-state index < -0.39 is 4.92 Å². The summed E-state index contributed by atoms with van der Waals surface area (Å²) in [4.78, 5) is 18.6. The largest absolute Gasteiger partial charge is 0.493 e. The maximum absolute atomic E-state index is 11.2. The summed E-state index contributed by atoms with van der Waals surface area (Å²) < 4.78 is 5.48. The molecule has 20 heavy (non-hydrogen) atoms. The summed E-state index contributed by atoms with van der Waals surface area (Å²) in [5, 5.41) is 11.2. The summed E-state index contributed by atoms with van der Waals surface area (Å²) in [5.41, 5.74) is 0.739. The molecule has 0 unspecified atom stereocenters. The maximum atomic E-state index is 11.2. The molecule has 0 aliphatic carbocycles. The van der Waals surface area contributed by atoms with E-state index in [0.717, 1.165) is 0 Å². The van der Waals surface area contributed by atoms with Gasteiger partial charge in [0, 0.05) is 5.56 Å². The van der Waals surface area contributed by atoms with Crippen LogP contribution < -0.4 is 4.74 Å². The number of aryl methyl sites for hydroxylation is 1. The van der Waals surface area contributed by atoms with Gasteiger partial charge in [-0.3, -0.25) is 10.1 Å². The number of halogens is 1. The minimum absolute atomic E-state index is 0.0330. The van der Waals surface area contributed by atoms with Crippen molar-refractivity contribution in [2.45, 2.75) is 13.8 Å². The molecule has 7 heteroatoms. The Hall–Kier alpha value is -2.21. The summed E-state index contributed by atoms with van der Waals surface area (Å²) in [6.45, 7) is 3.81. The number of nitro groups is 1. The van der Waals surface area contributed by atoms with Crippen LogP contribution in [0.1, 0.15) is 12.6 Å². The Labute approximate surface area is 120 Å². The molecule has 1 heterocycles. The minimum atomic E-state index is -0.510. The quantitative estimate of drug-likeness (QED) is 0.490. The van der Waals surface area contributed by atoms with Gasteiger partial charge in [-0.15, -0.1) is 0 Å². The molecule has 6 nitrogen and oxygen atoms in total. The van der Waals surface area contributed by atoms with E-state index in [1.54, 1.807) is 24.3 Å². The Bertz CT molecular complexity index is 661. The van der Waals surface area contributed by atoms with Gasteiger partial charge in [0.15, 0.2) is 5.69 Å². The zero-order valence-electron chi connectivity index (χ0n) is 11.0. The van der Waals surface area contributed by atoms with E-state index in [0.29, 0.717) is 17.9 Å². The molecule has 0 radical (unpaired) electrons. The van der Waals surface area contributed by atoms with E-state index in [-0.39, 0.29) is 22.4 Å². The fourth-order valence-electron chi connectivity index (χ4n) is 1.88. The number of aromatic nitrogens is 2. The van der Waals surface area contributed by atoms with Crippen LogP contribution in [-0.2, 0) is 0 Å². The van der Waals surface area contributed by atoms with Crippen molar-refractivity contribution in [1.29, 1.82) is 0 Å². The maximum Gasteiger partial charge on any atom is 0.316 e. The SMILES string of the molecule is CCOc1ccccc1-c1nc(Cl)nc(C)c1[N+](=O)[O-]. The van der Waals surface area contributed by atoms with Gasteiger partial charge in [-0.2, -0.15) is 0 Å². The van der Waals surface area contributed by atoms with Crippen LogP contribution in [0.25, 0.3) is 11.3 Å². The van der Waals surface area contributed by atoms with Gasteiger partial charge in [0.2, 0.25) is 5.28 Å². The van der Waals surface area contributed by atoms with E-state index >= 15 is 0 Å². The highest BCUT2D eigenvalue weighted by molar-refractivity contribution is 6.28. The number of nitrogens with zero attached hydrogens (tertiary/aromatic N) is 3. The Morgan fingerprint density at radius 2 is 2.05 bits per heavy atom. The molecule has 1 aromatic carbocycles. The Kier molecular flexibility index (Phi) is 4.14. The van der Waals surface area contributed by atoms with Crippen molar-refractivity contribution in [3.63, 3.8) is 0 Å². The third-order valence-corrected chi connectivity index (χ3v) is 2.82. The van der Waals surface area contributed by atoms with Crippen molar-refractivity contribution < 1.29 is 9.66 Å². The molecule has 0 atom stereocenters. The third-order valence-electron chi connectivity index (χ3n) is 2.66. The first kappa shape index (κ1) is 14.2. The highest BCUT2D eigenvalue weighted by atomic mass is 35.5. The Morgan fingerprint density at radius 1 is 1.35 bits per heavy atom. The van der Waals surface area contributed by atoms with Gasteiger partial charge in [0.25, 0.3) is 0 Å². The van der Waals surface area contributed by atoms with Crippen molar-refractivity contribution in [1.82, 2.24) is 9.97 Å². The fourth-order valence-corrected chi connectivity index (χ4v) is 2.09. The van der Waals surface area contributed by atoms with Crippen LogP contribution in [-0.4, -0.2) is 21.5 Å². The molecule has 0 N–H and O–H groups in total. The second kappa shape index (κ2) is 5.83. The molecule has 104 valence electrons. The highest BCUT2D eigenvalue weighted by Gasteiger charge is 2.24. The monoisotopic (exact) mass is 293 g/mol. The van der Waals surface area contributed by atoms with Crippen molar-refractivity contribution in [3.8, 4) is 17.0 Å². The molecule has 0 bridgehead atoms. The molecule has 0 aliphatic rings. The second-order valence-corrected chi connectivity index (χ2v) is 4.30. The zero-order valence-corrected chi connectivity index (χ0v) is 11.7. The van der Waals surface area contributed by atoms with Gasteiger partial charge >= 0.3 is 5.69 Å². The smallest absolute Gasteiger partial charge is 0.316 e. The first-order valence-corrected chi connectivity index (χ1v) is 6.33. The third kappa shape index (κ3) is 2.70. The molecule has 0 amide bonds. The number of benzene rings is 1. The lowest BCUT2D eigenvalue weighted by Gasteiger charge is -2.10. The van der Waals surface area contributed by atoms with Crippen LogP contribution in [0.15, 0.2) is 24.3 Å². The van der Waals surface area contributed by atoms with Crippen LogP contribution in [0.5, 0.6) is 5.75 Å². The standard InChI is InChI=1S/C13H12ClN3O3/c1-3-20-10-7-5-4-6-9(10)11-12(17(18)19)8(2)15-13(14)16-11/h4-7H,3H2,1-2H3. The normalized spacial score (nSPS) is 10.3. The predicted octanol–water partition coefficient (Wildman–Crippen LogP) is 3.41. The van der Waals surface area contributed by atoms with Crippen molar-refractivity contribution in [2.75, 3.05) is 6.61 Å². The van der Waals surface area contributed by atoms with Crippen LogP contribution >= 0.6 is 11.6 Å². The Morgan fingerprint density at radius 3 is 2.70 bits per heavy atom.